The van der Waals surface area contributed by atoms with Gasteiger partial charge < -0.3 is 11.1 Å². The van der Waals surface area contributed by atoms with E-state index >= 15 is 0 Å². The minimum atomic E-state index is -0.297. The van der Waals surface area contributed by atoms with Gasteiger partial charge in [-0.15, -0.1) is 0 Å². The van der Waals surface area contributed by atoms with E-state index in [1.165, 1.54) is 11.9 Å². The fourth-order valence-corrected chi connectivity index (χ4v) is 3.29. The van der Waals surface area contributed by atoms with E-state index in [2.05, 4.69) is 10.0 Å². The summed E-state index contributed by atoms with van der Waals surface area (Å²) in [7, 11) is 0. The van der Waals surface area contributed by atoms with Crippen molar-refractivity contribution in [3.8, 4) is 0 Å². The Hall–Kier alpha value is -0.910. The van der Waals surface area contributed by atoms with Gasteiger partial charge in [0.1, 0.15) is 0 Å². The van der Waals surface area contributed by atoms with E-state index in [1.807, 2.05) is 0 Å². The Bertz CT molecular complexity index is 285. The Morgan fingerprint density at radius 1 is 1.40 bits per heavy atom. The molecule has 3 amide bonds. The fourth-order valence-electron chi connectivity index (χ4n) is 2.28. The highest BCUT2D eigenvalue weighted by Gasteiger charge is 2.39. The van der Waals surface area contributed by atoms with Crippen LogP contribution in [0.3, 0.4) is 0 Å². The molecule has 0 aromatic rings. The maximum absolute atomic E-state index is 11.3. The van der Waals surface area contributed by atoms with Gasteiger partial charge in [-0.3, -0.25) is 9.52 Å². The zero-order valence-corrected chi connectivity index (χ0v) is 9.18. The summed E-state index contributed by atoms with van der Waals surface area (Å²) in [6.45, 7) is 0. The Balaban J connectivity index is 2.15. The van der Waals surface area contributed by atoms with Gasteiger partial charge in [0.15, 0.2) is 0 Å². The number of fused-ring (bicyclic) bond motifs is 1. The number of primary amides is 1. The third-order valence-electron chi connectivity index (χ3n) is 3.05. The highest BCUT2D eigenvalue weighted by atomic mass is 32.2. The summed E-state index contributed by atoms with van der Waals surface area (Å²) in [5, 5.41) is 3.08. The predicted molar refractivity (Wildman–Crippen MR) is 58.0 cm³/mol. The number of hydrogen-bond donors (Lipinski definition) is 3. The molecule has 2 rings (SSSR count). The van der Waals surface area contributed by atoms with Gasteiger partial charge in [-0.05, 0) is 24.8 Å². The summed E-state index contributed by atoms with van der Waals surface area (Å²) in [6, 6.07) is -0.307. The molecule has 4 N–H and O–H groups in total. The van der Waals surface area contributed by atoms with Gasteiger partial charge in [0, 0.05) is 5.25 Å². The van der Waals surface area contributed by atoms with Crippen molar-refractivity contribution in [2.45, 2.75) is 37.0 Å². The van der Waals surface area contributed by atoms with Crippen molar-refractivity contribution in [1.82, 2.24) is 10.0 Å². The first-order chi connectivity index (χ1) is 7.18. The molecule has 2 aliphatic rings. The lowest BCUT2D eigenvalue weighted by Gasteiger charge is -2.34. The lowest BCUT2D eigenvalue weighted by Crippen LogP contribution is -2.56. The van der Waals surface area contributed by atoms with Crippen LogP contribution in [0.2, 0.25) is 0 Å². The highest BCUT2D eigenvalue weighted by molar-refractivity contribution is 7.98. The number of nitrogens with one attached hydrogen (secondary N) is 2. The molecule has 3 atom stereocenters. The first-order valence-electron chi connectivity index (χ1n) is 5.20. The van der Waals surface area contributed by atoms with Gasteiger partial charge in [0.2, 0.25) is 5.91 Å². The molecule has 1 aliphatic carbocycles. The molecule has 0 spiro atoms. The molecule has 15 heavy (non-hydrogen) atoms. The van der Waals surface area contributed by atoms with Crippen LogP contribution in [0.1, 0.15) is 25.7 Å². The molecule has 1 heterocycles. The van der Waals surface area contributed by atoms with Gasteiger partial charge in [-0.25, -0.2) is 4.79 Å². The highest BCUT2D eigenvalue weighted by Crippen LogP contribution is 2.32. The van der Waals surface area contributed by atoms with E-state index < -0.39 is 0 Å². The summed E-state index contributed by atoms with van der Waals surface area (Å²) in [4.78, 5) is 22.5. The van der Waals surface area contributed by atoms with Crippen LogP contribution in [0, 0.1) is 5.92 Å². The maximum Gasteiger partial charge on any atom is 0.325 e. The molecule has 84 valence electrons. The van der Waals surface area contributed by atoms with Gasteiger partial charge >= 0.3 is 6.03 Å². The SMILES string of the molecule is NC(=O)C1CCCCC2SNC(=O)NC21. The molecule has 2 fully saturated rings. The van der Waals surface area contributed by atoms with Crippen molar-refractivity contribution >= 4 is 23.9 Å². The Kier molecular flexibility index (Phi) is 3.04. The van der Waals surface area contributed by atoms with E-state index in [0.29, 0.717) is 0 Å². The Morgan fingerprint density at radius 2 is 2.13 bits per heavy atom. The number of carbonyl (C=O) groups is 2. The van der Waals surface area contributed by atoms with Gasteiger partial charge in [-0.1, -0.05) is 12.8 Å². The van der Waals surface area contributed by atoms with E-state index in [4.69, 9.17) is 5.73 Å². The van der Waals surface area contributed by atoms with Crippen LogP contribution in [0.25, 0.3) is 0 Å². The van der Waals surface area contributed by atoms with Gasteiger partial charge in [0.05, 0.1) is 12.0 Å². The van der Waals surface area contributed by atoms with Crippen molar-refractivity contribution in [3.63, 3.8) is 0 Å². The van der Waals surface area contributed by atoms with Crippen LogP contribution in [-0.2, 0) is 4.79 Å². The molecular weight excluding hydrogens is 214 g/mol. The lowest BCUT2D eigenvalue weighted by molar-refractivity contribution is -0.122. The van der Waals surface area contributed by atoms with Crippen molar-refractivity contribution in [3.05, 3.63) is 0 Å². The average Bonchev–Trinajstić information content (AvgIpc) is 2.39. The van der Waals surface area contributed by atoms with E-state index in [1.54, 1.807) is 0 Å². The van der Waals surface area contributed by atoms with Crippen molar-refractivity contribution < 1.29 is 9.59 Å². The molecule has 0 aromatic carbocycles. The van der Waals surface area contributed by atoms with Crippen LogP contribution in [0.15, 0.2) is 0 Å². The van der Waals surface area contributed by atoms with Gasteiger partial charge in [-0.2, -0.15) is 0 Å². The zero-order valence-electron chi connectivity index (χ0n) is 8.36. The van der Waals surface area contributed by atoms with Crippen molar-refractivity contribution in [1.29, 1.82) is 0 Å². The molecule has 3 unspecified atom stereocenters. The number of nitrogens with two attached hydrogens (primary N) is 1. The molecule has 1 saturated carbocycles. The monoisotopic (exact) mass is 229 g/mol. The molecule has 5 nitrogen and oxygen atoms in total. The Morgan fingerprint density at radius 3 is 2.87 bits per heavy atom. The van der Waals surface area contributed by atoms with Crippen LogP contribution >= 0.6 is 11.9 Å². The van der Waals surface area contributed by atoms with Crippen molar-refractivity contribution in [2.24, 2.45) is 11.7 Å². The summed E-state index contributed by atoms with van der Waals surface area (Å²) in [5.74, 6) is -0.509. The lowest BCUT2D eigenvalue weighted by atomic mass is 9.94. The molecule has 0 aromatic heterocycles. The molecular formula is C9H15N3O2S. The molecule has 6 heteroatoms. The van der Waals surface area contributed by atoms with Crippen LogP contribution in [0.5, 0.6) is 0 Å². The third-order valence-corrected chi connectivity index (χ3v) is 4.19. The van der Waals surface area contributed by atoms with Crippen LogP contribution in [-0.4, -0.2) is 23.2 Å². The van der Waals surface area contributed by atoms with E-state index in [0.717, 1.165) is 25.7 Å². The maximum atomic E-state index is 11.3. The number of hydrogen-bond acceptors (Lipinski definition) is 3. The average molecular weight is 229 g/mol. The molecule has 1 aliphatic heterocycles. The third kappa shape index (κ3) is 2.19. The zero-order chi connectivity index (χ0) is 10.8. The second-order valence-corrected chi connectivity index (χ2v) is 5.10. The molecule has 0 radical (unpaired) electrons. The first kappa shape index (κ1) is 10.6. The predicted octanol–water partition coefficient (Wildman–Crippen LogP) is 0.360. The molecule has 0 bridgehead atoms. The van der Waals surface area contributed by atoms with Gasteiger partial charge in [0.25, 0.3) is 0 Å². The number of carbonyl (C=O) groups excluding carboxylic acids is 2. The summed E-state index contributed by atoms with van der Waals surface area (Å²) < 4.78 is 2.68. The van der Waals surface area contributed by atoms with Crippen molar-refractivity contribution in [2.75, 3.05) is 0 Å². The molecule has 1 saturated heterocycles. The largest absolute Gasteiger partial charge is 0.369 e. The van der Waals surface area contributed by atoms with E-state index in [-0.39, 0.29) is 29.1 Å². The standard InChI is InChI=1S/C9H15N3O2S/c10-8(13)5-3-1-2-4-6-7(5)11-9(14)12-15-6/h5-7H,1-4H2,(H2,10,13)(H2,11,12,14). The summed E-state index contributed by atoms with van der Waals surface area (Å²) in [5.41, 5.74) is 5.37. The van der Waals surface area contributed by atoms with E-state index in [9.17, 15) is 9.59 Å². The number of urea groups is 1. The summed E-state index contributed by atoms with van der Waals surface area (Å²) in [6.07, 6.45) is 3.91. The Labute approximate surface area is 92.7 Å². The number of rotatable bonds is 1. The topological polar surface area (TPSA) is 84.2 Å². The minimum absolute atomic E-state index is 0.0938. The summed E-state index contributed by atoms with van der Waals surface area (Å²) >= 11 is 1.42. The smallest absolute Gasteiger partial charge is 0.325 e. The van der Waals surface area contributed by atoms with Crippen LogP contribution in [0.4, 0.5) is 4.79 Å². The quantitative estimate of drug-likeness (QED) is 0.568. The fraction of sp³-hybridized carbons (Fsp3) is 0.778. The second-order valence-electron chi connectivity index (χ2n) is 4.05. The minimum Gasteiger partial charge on any atom is -0.369 e. The number of amides is 3. The first-order valence-corrected chi connectivity index (χ1v) is 6.08. The second kappa shape index (κ2) is 4.30. The normalized spacial score (nSPS) is 35.7. The van der Waals surface area contributed by atoms with Crippen LogP contribution < -0.4 is 15.8 Å².